The molecule has 0 saturated carbocycles. The molecule has 3 heterocycles. The Morgan fingerprint density at radius 2 is 1.79 bits per heavy atom. The predicted molar refractivity (Wildman–Crippen MR) is 88.4 cm³/mol. The van der Waals surface area contributed by atoms with Crippen molar-refractivity contribution in [2.24, 2.45) is 0 Å². The molecule has 2 atom stereocenters. The van der Waals surface area contributed by atoms with Gasteiger partial charge in [0, 0.05) is 26.2 Å². The average Bonchev–Trinajstić information content (AvgIpc) is 2.53. The molecule has 0 aromatic carbocycles. The lowest BCUT2D eigenvalue weighted by Gasteiger charge is -2.36. The highest BCUT2D eigenvalue weighted by atomic mass is 16.6. The van der Waals surface area contributed by atoms with Crippen molar-refractivity contribution in [2.75, 3.05) is 54.9 Å². The van der Waals surface area contributed by atoms with Crippen molar-refractivity contribution in [3.05, 3.63) is 10.1 Å². The van der Waals surface area contributed by atoms with Gasteiger partial charge in [-0.3, -0.25) is 10.1 Å². The quantitative estimate of drug-likeness (QED) is 0.617. The normalized spacial score (nSPS) is 24.9. The van der Waals surface area contributed by atoms with Gasteiger partial charge in [0.25, 0.3) is 0 Å². The zero-order chi connectivity index (χ0) is 17.3. The Hall–Kier alpha value is -2.20. The molecule has 2 saturated heterocycles. The Morgan fingerprint density at radius 3 is 2.38 bits per heavy atom. The van der Waals surface area contributed by atoms with E-state index in [4.69, 9.17) is 15.2 Å². The Labute approximate surface area is 139 Å². The number of morpholine rings is 2. The van der Waals surface area contributed by atoms with Gasteiger partial charge in [-0.1, -0.05) is 0 Å². The van der Waals surface area contributed by atoms with E-state index in [9.17, 15) is 10.1 Å². The van der Waals surface area contributed by atoms with Crippen LogP contribution in [0.5, 0.6) is 0 Å². The predicted octanol–water partition coefficient (Wildman–Crippen LogP) is 0.417. The molecule has 0 unspecified atom stereocenters. The number of aromatic nitrogens is 2. The summed E-state index contributed by atoms with van der Waals surface area (Å²) in [5, 5.41) is 11.5. The van der Waals surface area contributed by atoms with Crippen LogP contribution < -0.4 is 15.5 Å². The highest BCUT2D eigenvalue weighted by Gasteiger charge is 2.33. The second-order valence-corrected chi connectivity index (χ2v) is 6.10. The first kappa shape index (κ1) is 16.7. The third kappa shape index (κ3) is 3.34. The van der Waals surface area contributed by atoms with E-state index < -0.39 is 4.92 Å². The van der Waals surface area contributed by atoms with Gasteiger partial charge in [-0.25, -0.2) is 0 Å². The highest BCUT2D eigenvalue weighted by molar-refractivity contribution is 5.71. The van der Waals surface area contributed by atoms with E-state index in [0.717, 1.165) is 0 Å². The van der Waals surface area contributed by atoms with E-state index in [2.05, 4.69) is 9.97 Å². The van der Waals surface area contributed by atoms with Crippen LogP contribution in [0.15, 0.2) is 0 Å². The summed E-state index contributed by atoms with van der Waals surface area (Å²) in [5.74, 6) is 0.553. The van der Waals surface area contributed by atoms with Gasteiger partial charge in [-0.15, -0.1) is 0 Å². The summed E-state index contributed by atoms with van der Waals surface area (Å²) in [4.78, 5) is 23.4. The fourth-order valence-electron chi connectivity index (χ4n) is 3.10. The number of nitrogen functional groups attached to an aromatic ring is 1. The Kier molecular flexibility index (Phi) is 4.67. The second kappa shape index (κ2) is 6.73. The Bertz CT molecular complexity index is 612. The van der Waals surface area contributed by atoms with Gasteiger partial charge in [0.05, 0.1) is 30.3 Å². The molecule has 3 rings (SSSR count). The summed E-state index contributed by atoms with van der Waals surface area (Å²) in [5.41, 5.74) is 5.65. The summed E-state index contributed by atoms with van der Waals surface area (Å²) in [6, 6.07) is 0. The molecular formula is C14H22N6O4. The fraction of sp³-hybridized carbons (Fsp3) is 0.714. The maximum absolute atomic E-state index is 11.5. The van der Waals surface area contributed by atoms with Gasteiger partial charge in [0.15, 0.2) is 0 Å². The summed E-state index contributed by atoms with van der Waals surface area (Å²) >= 11 is 0. The molecule has 2 aliphatic rings. The van der Waals surface area contributed by atoms with E-state index in [1.807, 2.05) is 23.6 Å². The monoisotopic (exact) mass is 338 g/mol. The van der Waals surface area contributed by atoms with Crippen LogP contribution in [0.25, 0.3) is 0 Å². The van der Waals surface area contributed by atoms with Crippen molar-refractivity contribution in [2.45, 2.75) is 26.1 Å². The molecule has 0 spiro atoms. The maximum atomic E-state index is 11.5. The molecule has 2 fully saturated rings. The van der Waals surface area contributed by atoms with E-state index in [1.165, 1.54) is 0 Å². The molecular weight excluding hydrogens is 316 g/mol. The number of nitrogens with zero attached hydrogens (tertiary/aromatic N) is 5. The van der Waals surface area contributed by atoms with Crippen molar-refractivity contribution in [3.8, 4) is 0 Å². The second-order valence-electron chi connectivity index (χ2n) is 6.10. The average molecular weight is 338 g/mol. The molecule has 0 bridgehead atoms. The van der Waals surface area contributed by atoms with Crippen molar-refractivity contribution in [1.82, 2.24) is 9.97 Å². The SMILES string of the molecule is C[C@@H]1CN(c2nc(N3CCOCC3)nc(N)c2[N+](=O)[O-])C[C@H](C)O1. The van der Waals surface area contributed by atoms with Crippen molar-refractivity contribution in [1.29, 1.82) is 0 Å². The molecule has 10 nitrogen and oxygen atoms in total. The smallest absolute Gasteiger partial charge is 0.353 e. The van der Waals surface area contributed by atoms with Crippen LogP contribution in [-0.4, -0.2) is 66.5 Å². The van der Waals surface area contributed by atoms with Crippen LogP contribution in [0.4, 0.5) is 23.3 Å². The fourth-order valence-corrected chi connectivity index (χ4v) is 3.10. The molecule has 24 heavy (non-hydrogen) atoms. The molecule has 2 aliphatic heterocycles. The Balaban J connectivity index is 2.00. The molecule has 0 amide bonds. The van der Waals surface area contributed by atoms with Crippen LogP contribution in [-0.2, 0) is 9.47 Å². The summed E-state index contributed by atoms with van der Waals surface area (Å²) in [6.07, 6.45) is -0.0900. The number of nitrogens with two attached hydrogens (primary N) is 1. The maximum Gasteiger partial charge on any atom is 0.353 e. The lowest BCUT2D eigenvalue weighted by atomic mass is 10.2. The minimum atomic E-state index is -0.515. The first-order valence-electron chi connectivity index (χ1n) is 8.00. The van der Waals surface area contributed by atoms with E-state index in [0.29, 0.717) is 45.3 Å². The van der Waals surface area contributed by atoms with Gasteiger partial charge >= 0.3 is 5.69 Å². The first-order valence-corrected chi connectivity index (χ1v) is 8.00. The molecule has 0 radical (unpaired) electrons. The molecule has 1 aromatic heterocycles. The third-order valence-corrected chi connectivity index (χ3v) is 4.08. The van der Waals surface area contributed by atoms with E-state index in [-0.39, 0.29) is 29.5 Å². The summed E-state index contributed by atoms with van der Waals surface area (Å²) < 4.78 is 11.0. The van der Waals surface area contributed by atoms with Gasteiger partial charge in [-0.2, -0.15) is 9.97 Å². The summed E-state index contributed by atoms with van der Waals surface area (Å²) in [6.45, 7) is 7.31. The van der Waals surface area contributed by atoms with Crippen LogP contribution in [0.2, 0.25) is 0 Å². The topological polar surface area (TPSA) is 120 Å². The van der Waals surface area contributed by atoms with Crippen molar-refractivity contribution < 1.29 is 14.4 Å². The minimum absolute atomic E-state index is 0.0450. The van der Waals surface area contributed by atoms with Crippen LogP contribution >= 0.6 is 0 Å². The molecule has 10 heteroatoms. The van der Waals surface area contributed by atoms with Crippen molar-refractivity contribution >= 4 is 23.3 Å². The number of hydrogen-bond donors (Lipinski definition) is 1. The minimum Gasteiger partial charge on any atom is -0.378 e. The third-order valence-electron chi connectivity index (χ3n) is 4.08. The number of anilines is 3. The molecule has 0 aliphatic carbocycles. The zero-order valence-electron chi connectivity index (χ0n) is 13.8. The largest absolute Gasteiger partial charge is 0.378 e. The van der Waals surface area contributed by atoms with E-state index >= 15 is 0 Å². The lowest BCUT2D eigenvalue weighted by molar-refractivity contribution is -0.383. The highest BCUT2D eigenvalue weighted by Crippen LogP contribution is 2.34. The van der Waals surface area contributed by atoms with Crippen LogP contribution in [0.1, 0.15) is 13.8 Å². The summed E-state index contributed by atoms with van der Waals surface area (Å²) in [7, 11) is 0. The standard InChI is InChI=1S/C14H22N6O4/c1-9-7-19(8-10(2)24-9)13-11(20(21)22)12(15)16-14(17-13)18-3-5-23-6-4-18/h9-10H,3-8H2,1-2H3,(H2,15,16,17)/t9-,10+. The number of nitro groups is 1. The van der Waals surface area contributed by atoms with Crippen LogP contribution in [0.3, 0.4) is 0 Å². The number of hydrogen-bond acceptors (Lipinski definition) is 9. The van der Waals surface area contributed by atoms with Gasteiger partial charge in [0.2, 0.25) is 17.6 Å². The zero-order valence-corrected chi connectivity index (χ0v) is 13.8. The Morgan fingerprint density at radius 1 is 1.17 bits per heavy atom. The molecule has 2 N–H and O–H groups in total. The molecule has 1 aromatic rings. The lowest BCUT2D eigenvalue weighted by Crippen LogP contribution is -2.46. The van der Waals surface area contributed by atoms with E-state index in [1.54, 1.807) is 0 Å². The van der Waals surface area contributed by atoms with Crippen molar-refractivity contribution in [3.63, 3.8) is 0 Å². The molecule has 132 valence electrons. The van der Waals surface area contributed by atoms with Gasteiger partial charge in [0.1, 0.15) is 0 Å². The number of ether oxygens (including phenoxy) is 2. The van der Waals surface area contributed by atoms with Crippen LogP contribution in [0, 0.1) is 10.1 Å². The van der Waals surface area contributed by atoms with Gasteiger partial charge in [-0.05, 0) is 13.8 Å². The first-order chi connectivity index (χ1) is 11.5. The van der Waals surface area contributed by atoms with Gasteiger partial charge < -0.3 is 25.0 Å². The number of rotatable bonds is 3.